The van der Waals surface area contributed by atoms with Crippen LogP contribution >= 0.6 is 0 Å². The maximum Gasteiger partial charge on any atom is 0.126 e. The Labute approximate surface area is 147 Å². The van der Waals surface area contributed by atoms with E-state index in [-0.39, 0.29) is 6.04 Å². The van der Waals surface area contributed by atoms with E-state index < -0.39 is 0 Å². The van der Waals surface area contributed by atoms with E-state index in [1.165, 1.54) is 24.0 Å². The van der Waals surface area contributed by atoms with Crippen LogP contribution in [0.5, 0.6) is 0 Å². The molecule has 0 aliphatic carbocycles. The first-order valence-electron chi connectivity index (χ1n) is 9.23. The van der Waals surface area contributed by atoms with Gasteiger partial charge in [-0.05, 0) is 51.2 Å². The zero-order chi connectivity index (χ0) is 17.5. The van der Waals surface area contributed by atoms with Gasteiger partial charge in [-0.25, -0.2) is 10.0 Å². The number of rotatable bonds is 8. The summed E-state index contributed by atoms with van der Waals surface area (Å²) in [4.78, 5) is 4.97. The number of amidine groups is 1. The largest absolute Gasteiger partial charge is 0.244 e. The Morgan fingerprint density at radius 1 is 1.25 bits per heavy atom. The van der Waals surface area contributed by atoms with E-state index in [2.05, 4.69) is 43.6 Å². The number of hydrogen-bond acceptors (Lipinski definition) is 3. The summed E-state index contributed by atoms with van der Waals surface area (Å²) in [5, 5.41) is 6.90. The number of hydrogen-bond donors (Lipinski definition) is 0. The van der Waals surface area contributed by atoms with E-state index in [4.69, 9.17) is 10.1 Å². The highest BCUT2D eigenvalue weighted by Crippen LogP contribution is 2.39. The molecule has 0 spiro atoms. The summed E-state index contributed by atoms with van der Waals surface area (Å²) in [6, 6.07) is 6.97. The zero-order valence-electron chi connectivity index (χ0n) is 15.7. The summed E-state index contributed by atoms with van der Waals surface area (Å²) in [5.41, 5.74) is 4.83. The fraction of sp³-hybridized carbons (Fsp3) is 0.524. The number of fused-ring (bicyclic) bond motifs is 1. The van der Waals surface area contributed by atoms with Gasteiger partial charge in [0.2, 0.25) is 0 Å². The molecule has 0 amide bonds. The van der Waals surface area contributed by atoms with E-state index in [0.717, 1.165) is 42.9 Å². The molecule has 2 rings (SSSR count). The second-order valence-corrected chi connectivity index (χ2v) is 6.71. The quantitative estimate of drug-likeness (QED) is 0.414. The van der Waals surface area contributed by atoms with Gasteiger partial charge in [0.05, 0.1) is 11.7 Å². The Morgan fingerprint density at radius 3 is 2.67 bits per heavy atom. The fourth-order valence-corrected chi connectivity index (χ4v) is 3.13. The lowest BCUT2D eigenvalue weighted by molar-refractivity contribution is 0.320. The van der Waals surface area contributed by atoms with Crippen LogP contribution in [0.3, 0.4) is 0 Å². The molecule has 1 atom stereocenters. The SMILES string of the molecule is C=CCC1c2ccc(CCCC)cc2N=C(CCC)N1N=C(C)C. The van der Waals surface area contributed by atoms with Crippen molar-refractivity contribution in [3.8, 4) is 0 Å². The van der Waals surface area contributed by atoms with Crippen molar-refractivity contribution in [2.45, 2.75) is 72.3 Å². The minimum absolute atomic E-state index is 0.201. The Morgan fingerprint density at radius 2 is 2.04 bits per heavy atom. The van der Waals surface area contributed by atoms with Crippen LogP contribution in [0.1, 0.15) is 77.0 Å². The smallest absolute Gasteiger partial charge is 0.126 e. The van der Waals surface area contributed by atoms with Crippen molar-refractivity contribution in [3.05, 3.63) is 42.0 Å². The van der Waals surface area contributed by atoms with Crippen LogP contribution in [0.25, 0.3) is 0 Å². The fourth-order valence-electron chi connectivity index (χ4n) is 3.13. The van der Waals surface area contributed by atoms with Gasteiger partial charge in [0, 0.05) is 17.7 Å². The maximum absolute atomic E-state index is 4.97. The Balaban J connectivity index is 2.47. The third-order valence-corrected chi connectivity index (χ3v) is 4.25. The summed E-state index contributed by atoms with van der Waals surface area (Å²) in [5.74, 6) is 1.07. The van der Waals surface area contributed by atoms with Crippen molar-refractivity contribution < 1.29 is 0 Å². The number of benzene rings is 1. The predicted octanol–water partition coefficient (Wildman–Crippen LogP) is 6.19. The molecule has 0 aromatic heterocycles. The number of aliphatic imine (C=N–C) groups is 1. The highest BCUT2D eigenvalue weighted by atomic mass is 15.5. The standard InChI is InChI=1S/C21H31N3/c1-6-9-12-17-13-14-18-19(15-17)22-21(11-8-3)24(23-16(4)5)20(18)10-7-2/h7,13-15,20H,2,6,8-12H2,1,3-5H3. The monoisotopic (exact) mass is 325 g/mol. The molecule has 0 fully saturated rings. The molecule has 1 aromatic rings. The second-order valence-electron chi connectivity index (χ2n) is 6.71. The van der Waals surface area contributed by atoms with Gasteiger partial charge in [0.15, 0.2) is 0 Å². The van der Waals surface area contributed by atoms with Gasteiger partial charge in [0.1, 0.15) is 5.84 Å². The van der Waals surface area contributed by atoms with Crippen LogP contribution in [-0.4, -0.2) is 16.6 Å². The topological polar surface area (TPSA) is 28.0 Å². The van der Waals surface area contributed by atoms with Crippen LogP contribution < -0.4 is 0 Å². The molecular weight excluding hydrogens is 294 g/mol. The third kappa shape index (κ3) is 4.34. The summed E-state index contributed by atoms with van der Waals surface area (Å²) in [6.07, 6.45) is 8.46. The van der Waals surface area contributed by atoms with E-state index in [1.54, 1.807) is 0 Å². The van der Waals surface area contributed by atoms with Crippen molar-refractivity contribution in [1.29, 1.82) is 0 Å². The molecular formula is C21H31N3. The normalized spacial score (nSPS) is 16.4. The van der Waals surface area contributed by atoms with E-state index in [1.807, 2.05) is 19.9 Å². The van der Waals surface area contributed by atoms with Crippen molar-refractivity contribution in [2.75, 3.05) is 0 Å². The number of nitrogens with zero attached hydrogens (tertiary/aromatic N) is 3. The van der Waals surface area contributed by atoms with Crippen LogP contribution in [0.4, 0.5) is 5.69 Å². The number of aryl methyl sites for hydroxylation is 1. The van der Waals surface area contributed by atoms with E-state index in [9.17, 15) is 0 Å². The molecule has 1 aliphatic heterocycles. The van der Waals surface area contributed by atoms with Gasteiger partial charge >= 0.3 is 0 Å². The Kier molecular flexibility index (Phi) is 6.77. The van der Waals surface area contributed by atoms with E-state index >= 15 is 0 Å². The highest BCUT2D eigenvalue weighted by Gasteiger charge is 2.29. The van der Waals surface area contributed by atoms with Crippen LogP contribution in [0.15, 0.2) is 40.9 Å². The summed E-state index contributed by atoms with van der Waals surface area (Å²) in [6.45, 7) is 12.5. The molecule has 1 heterocycles. The van der Waals surface area contributed by atoms with Crippen LogP contribution in [0, 0.1) is 0 Å². The van der Waals surface area contributed by atoms with Crippen molar-refractivity contribution in [3.63, 3.8) is 0 Å². The molecule has 130 valence electrons. The van der Waals surface area contributed by atoms with Gasteiger partial charge in [-0.15, -0.1) is 6.58 Å². The van der Waals surface area contributed by atoms with Gasteiger partial charge in [-0.2, -0.15) is 5.10 Å². The molecule has 0 radical (unpaired) electrons. The number of unbranched alkanes of at least 4 members (excludes halogenated alkanes) is 1. The first-order chi connectivity index (χ1) is 11.6. The highest BCUT2D eigenvalue weighted by molar-refractivity contribution is 5.89. The lowest BCUT2D eigenvalue weighted by Crippen LogP contribution is -2.33. The molecule has 1 aromatic carbocycles. The Hall–Kier alpha value is -1.90. The average molecular weight is 326 g/mol. The van der Waals surface area contributed by atoms with Gasteiger partial charge < -0.3 is 0 Å². The summed E-state index contributed by atoms with van der Waals surface area (Å²) >= 11 is 0. The minimum atomic E-state index is 0.201. The lowest BCUT2D eigenvalue weighted by atomic mass is 9.95. The lowest BCUT2D eigenvalue weighted by Gasteiger charge is -2.35. The molecule has 24 heavy (non-hydrogen) atoms. The van der Waals surface area contributed by atoms with Crippen molar-refractivity contribution in [1.82, 2.24) is 5.01 Å². The molecule has 0 N–H and O–H groups in total. The zero-order valence-corrected chi connectivity index (χ0v) is 15.7. The summed E-state index contributed by atoms with van der Waals surface area (Å²) < 4.78 is 0. The van der Waals surface area contributed by atoms with Crippen molar-refractivity contribution >= 4 is 17.2 Å². The molecule has 1 unspecified atom stereocenters. The van der Waals surface area contributed by atoms with Gasteiger partial charge in [-0.3, -0.25) is 0 Å². The maximum atomic E-state index is 4.97. The molecule has 0 saturated heterocycles. The van der Waals surface area contributed by atoms with Gasteiger partial charge in [0.25, 0.3) is 0 Å². The second kappa shape index (κ2) is 8.81. The number of hydrazone groups is 1. The van der Waals surface area contributed by atoms with Crippen LogP contribution in [0.2, 0.25) is 0 Å². The third-order valence-electron chi connectivity index (χ3n) is 4.25. The first kappa shape index (κ1) is 18.4. The van der Waals surface area contributed by atoms with Crippen molar-refractivity contribution in [2.24, 2.45) is 10.1 Å². The average Bonchev–Trinajstić information content (AvgIpc) is 2.55. The van der Waals surface area contributed by atoms with Gasteiger partial charge in [-0.1, -0.05) is 38.5 Å². The van der Waals surface area contributed by atoms with Crippen LogP contribution in [-0.2, 0) is 6.42 Å². The molecule has 3 heteroatoms. The van der Waals surface area contributed by atoms with E-state index in [0.29, 0.717) is 0 Å². The molecule has 1 aliphatic rings. The molecule has 3 nitrogen and oxygen atoms in total. The first-order valence-corrected chi connectivity index (χ1v) is 9.23. The minimum Gasteiger partial charge on any atom is -0.244 e. The summed E-state index contributed by atoms with van der Waals surface area (Å²) in [7, 11) is 0. The molecule has 0 saturated carbocycles. The predicted molar refractivity (Wildman–Crippen MR) is 105 cm³/mol. The molecule has 0 bridgehead atoms. The Bertz CT molecular complexity index is 624.